The van der Waals surface area contributed by atoms with Gasteiger partial charge in [-0.1, -0.05) is 24.0 Å². The van der Waals surface area contributed by atoms with E-state index in [0.29, 0.717) is 27.3 Å². The van der Waals surface area contributed by atoms with E-state index in [1.807, 2.05) is 24.3 Å². The van der Waals surface area contributed by atoms with Crippen molar-refractivity contribution in [1.29, 1.82) is 0 Å². The number of thioether (sulfide) groups is 1. The van der Waals surface area contributed by atoms with Crippen molar-refractivity contribution in [3.05, 3.63) is 28.7 Å². The highest BCUT2D eigenvalue weighted by molar-refractivity contribution is 8.26. The Morgan fingerprint density at radius 2 is 2.00 bits per heavy atom. The lowest BCUT2D eigenvalue weighted by molar-refractivity contribution is -0.122. The summed E-state index contributed by atoms with van der Waals surface area (Å²) in [6, 6.07) is 5.50. The van der Waals surface area contributed by atoms with Crippen molar-refractivity contribution in [3.63, 3.8) is 0 Å². The minimum Gasteiger partial charge on any atom is -0.497 e. The second-order valence-corrected chi connectivity index (χ2v) is 7.92. The molecule has 2 aliphatic heterocycles. The summed E-state index contributed by atoms with van der Waals surface area (Å²) >= 11 is 6.76. The second kappa shape index (κ2) is 9.54. The molecule has 6 nitrogen and oxygen atoms in total. The maximum atomic E-state index is 12.8. The van der Waals surface area contributed by atoms with Crippen LogP contribution in [0.4, 0.5) is 0 Å². The number of hydrogen-bond acceptors (Lipinski definition) is 7. The van der Waals surface area contributed by atoms with E-state index in [9.17, 15) is 4.79 Å². The molecule has 146 valence electrons. The van der Waals surface area contributed by atoms with Crippen molar-refractivity contribution in [1.82, 2.24) is 9.80 Å². The Hall–Kier alpha value is -1.61. The Kier molecular flexibility index (Phi) is 7.12. The number of benzene rings is 1. The molecule has 0 bridgehead atoms. The van der Waals surface area contributed by atoms with Gasteiger partial charge in [-0.2, -0.15) is 0 Å². The quantitative estimate of drug-likeness (QED) is 0.508. The monoisotopic (exact) mass is 408 g/mol. The Balaban J connectivity index is 1.65. The Morgan fingerprint density at radius 3 is 2.70 bits per heavy atom. The summed E-state index contributed by atoms with van der Waals surface area (Å²) in [6.07, 6.45) is 2.71. The third-order valence-electron chi connectivity index (χ3n) is 4.56. The Morgan fingerprint density at radius 1 is 1.22 bits per heavy atom. The first-order valence-corrected chi connectivity index (χ1v) is 10.1. The van der Waals surface area contributed by atoms with E-state index >= 15 is 0 Å². The van der Waals surface area contributed by atoms with Crippen molar-refractivity contribution in [2.75, 3.05) is 53.6 Å². The predicted octanol–water partition coefficient (Wildman–Crippen LogP) is 2.63. The zero-order chi connectivity index (χ0) is 19.2. The molecule has 2 heterocycles. The highest BCUT2D eigenvalue weighted by Crippen LogP contribution is 2.35. The van der Waals surface area contributed by atoms with Crippen molar-refractivity contribution < 1.29 is 19.0 Å². The number of hydrogen-bond donors (Lipinski definition) is 0. The van der Waals surface area contributed by atoms with Gasteiger partial charge in [-0.15, -0.1) is 0 Å². The SMILES string of the molecule is COc1ccc(OC)c(C=C2SC(=S)N(CCCN3CCOCC3)C2=O)c1. The first-order chi connectivity index (χ1) is 13.1. The number of carbonyl (C=O) groups is 1. The van der Waals surface area contributed by atoms with Crippen LogP contribution in [0.5, 0.6) is 11.5 Å². The molecule has 0 atom stereocenters. The van der Waals surface area contributed by atoms with Gasteiger partial charge in [0.15, 0.2) is 0 Å². The lowest BCUT2D eigenvalue weighted by Gasteiger charge is -2.27. The van der Waals surface area contributed by atoms with E-state index in [1.165, 1.54) is 11.8 Å². The summed E-state index contributed by atoms with van der Waals surface area (Å²) < 4.78 is 16.6. The van der Waals surface area contributed by atoms with Crippen LogP contribution >= 0.6 is 24.0 Å². The van der Waals surface area contributed by atoms with Gasteiger partial charge in [0.05, 0.1) is 32.3 Å². The topological polar surface area (TPSA) is 51.2 Å². The van der Waals surface area contributed by atoms with E-state index in [1.54, 1.807) is 19.1 Å². The minimum absolute atomic E-state index is 0.0446. The van der Waals surface area contributed by atoms with Gasteiger partial charge in [-0.25, -0.2) is 0 Å². The highest BCUT2D eigenvalue weighted by Gasteiger charge is 2.32. The molecule has 2 fully saturated rings. The molecule has 0 unspecified atom stereocenters. The van der Waals surface area contributed by atoms with Crippen molar-refractivity contribution >= 4 is 40.3 Å². The minimum atomic E-state index is -0.0446. The van der Waals surface area contributed by atoms with E-state index in [4.69, 9.17) is 26.4 Å². The summed E-state index contributed by atoms with van der Waals surface area (Å²) in [6.45, 7) is 5.05. The van der Waals surface area contributed by atoms with Gasteiger partial charge in [0, 0.05) is 31.7 Å². The largest absolute Gasteiger partial charge is 0.497 e. The van der Waals surface area contributed by atoms with Crippen molar-refractivity contribution in [3.8, 4) is 11.5 Å². The fraction of sp³-hybridized carbons (Fsp3) is 0.474. The average molecular weight is 409 g/mol. The number of methoxy groups -OCH3 is 2. The van der Waals surface area contributed by atoms with E-state index < -0.39 is 0 Å². The molecule has 3 rings (SSSR count). The van der Waals surface area contributed by atoms with Gasteiger partial charge in [-0.3, -0.25) is 14.6 Å². The third kappa shape index (κ3) is 5.01. The van der Waals surface area contributed by atoms with Crippen LogP contribution in [0.15, 0.2) is 23.1 Å². The fourth-order valence-electron chi connectivity index (χ4n) is 3.06. The zero-order valence-electron chi connectivity index (χ0n) is 15.6. The number of rotatable bonds is 7. The highest BCUT2D eigenvalue weighted by atomic mass is 32.2. The number of ether oxygens (including phenoxy) is 3. The van der Waals surface area contributed by atoms with E-state index in [-0.39, 0.29) is 5.91 Å². The van der Waals surface area contributed by atoms with Crippen LogP contribution in [0.3, 0.4) is 0 Å². The van der Waals surface area contributed by atoms with Crippen molar-refractivity contribution in [2.24, 2.45) is 0 Å². The van der Waals surface area contributed by atoms with Crippen LogP contribution in [0, 0.1) is 0 Å². The van der Waals surface area contributed by atoms with E-state index in [2.05, 4.69) is 4.90 Å². The molecule has 1 amide bonds. The first-order valence-electron chi connectivity index (χ1n) is 8.90. The number of morpholine rings is 1. The Bertz CT molecular complexity index is 732. The lowest BCUT2D eigenvalue weighted by Crippen LogP contribution is -2.38. The van der Waals surface area contributed by atoms with Gasteiger partial charge in [0.25, 0.3) is 5.91 Å². The van der Waals surface area contributed by atoms with Crippen LogP contribution in [0.1, 0.15) is 12.0 Å². The molecular weight excluding hydrogens is 384 g/mol. The summed E-state index contributed by atoms with van der Waals surface area (Å²) in [5, 5.41) is 0. The molecule has 2 aliphatic rings. The number of amides is 1. The normalized spacial score (nSPS) is 19.8. The first kappa shape index (κ1) is 20.1. The van der Waals surface area contributed by atoms with Crippen LogP contribution in [-0.4, -0.2) is 73.6 Å². The molecule has 0 N–H and O–H groups in total. The molecule has 0 spiro atoms. The van der Waals surface area contributed by atoms with Crippen molar-refractivity contribution in [2.45, 2.75) is 6.42 Å². The van der Waals surface area contributed by atoms with Gasteiger partial charge >= 0.3 is 0 Å². The zero-order valence-corrected chi connectivity index (χ0v) is 17.2. The smallest absolute Gasteiger partial charge is 0.266 e. The third-order valence-corrected chi connectivity index (χ3v) is 5.93. The maximum Gasteiger partial charge on any atom is 0.266 e. The van der Waals surface area contributed by atoms with E-state index in [0.717, 1.165) is 44.8 Å². The molecule has 0 aromatic heterocycles. The molecule has 1 aromatic rings. The summed E-state index contributed by atoms with van der Waals surface area (Å²) in [7, 11) is 3.22. The number of thiocarbonyl (C=S) groups is 1. The van der Waals surface area contributed by atoms with Gasteiger partial charge in [0.1, 0.15) is 15.8 Å². The number of carbonyl (C=O) groups excluding carboxylic acids is 1. The second-order valence-electron chi connectivity index (χ2n) is 6.25. The number of nitrogens with zero attached hydrogens (tertiary/aromatic N) is 2. The molecule has 2 saturated heterocycles. The molecule has 27 heavy (non-hydrogen) atoms. The standard InChI is InChI=1S/C19H24N2O4S2/c1-23-15-4-5-16(24-2)14(12-15)13-17-18(22)21(19(26)27-17)7-3-6-20-8-10-25-11-9-20/h4-5,12-13H,3,6-11H2,1-2H3. The molecule has 8 heteroatoms. The average Bonchev–Trinajstić information content (AvgIpc) is 2.96. The molecule has 0 saturated carbocycles. The van der Waals surface area contributed by atoms with Gasteiger partial charge in [-0.05, 0) is 30.7 Å². The van der Waals surface area contributed by atoms with Gasteiger partial charge < -0.3 is 14.2 Å². The van der Waals surface area contributed by atoms with Crippen LogP contribution in [-0.2, 0) is 9.53 Å². The van der Waals surface area contributed by atoms with Crippen LogP contribution < -0.4 is 9.47 Å². The molecule has 0 radical (unpaired) electrons. The van der Waals surface area contributed by atoms with Gasteiger partial charge in [0.2, 0.25) is 0 Å². The predicted molar refractivity (Wildman–Crippen MR) is 111 cm³/mol. The van der Waals surface area contributed by atoms with Crippen LogP contribution in [0.2, 0.25) is 0 Å². The fourth-order valence-corrected chi connectivity index (χ4v) is 4.36. The summed E-state index contributed by atoms with van der Waals surface area (Å²) in [5.41, 5.74) is 0.797. The van der Waals surface area contributed by atoms with Crippen LogP contribution in [0.25, 0.3) is 6.08 Å². The summed E-state index contributed by atoms with van der Waals surface area (Å²) in [4.78, 5) is 17.5. The lowest BCUT2D eigenvalue weighted by atomic mass is 10.1. The Labute approximate surface area is 169 Å². The molecule has 1 aromatic carbocycles. The summed E-state index contributed by atoms with van der Waals surface area (Å²) in [5.74, 6) is 1.35. The molecule has 0 aliphatic carbocycles. The maximum absolute atomic E-state index is 12.8. The molecular formula is C19H24N2O4S2.